The summed E-state index contributed by atoms with van der Waals surface area (Å²) in [6.45, 7) is 4.30. The first-order chi connectivity index (χ1) is 9.49. The van der Waals surface area contributed by atoms with Crippen molar-refractivity contribution in [2.24, 2.45) is 0 Å². The molecule has 0 spiro atoms. The van der Waals surface area contributed by atoms with Gasteiger partial charge in [-0.05, 0) is 37.1 Å². The molecule has 1 heterocycles. The molecule has 0 saturated carbocycles. The number of nitrogens with zero attached hydrogens (tertiary/aromatic N) is 2. The van der Waals surface area contributed by atoms with Gasteiger partial charge in [-0.2, -0.15) is 0 Å². The smallest absolute Gasteiger partial charge is 0.253 e. The normalized spacial score (nSPS) is 10.6. The van der Waals surface area contributed by atoms with E-state index in [-0.39, 0.29) is 12.5 Å². The zero-order valence-electron chi connectivity index (χ0n) is 11.9. The van der Waals surface area contributed by atoms with Crippen LogP contribution in [0.1, 0.15) is 32.2 Å². The third-order valence-corrected chi connectivity index (χ3v) is 3.90. The number of carbonyl (C=O) groups is 1. The first-order valence-corrected chi connectivity index (χ1v) is 7.25. The maximum atomic E-state index is 12.4. The quantitative estimate of drug-likeness (QED) is 0.941. The number of aliphatic hydroxyl groups is 1. The van der Waals surface area contributed by atoms with Gasteiger partial charge in [-0.15, -0.1) is 11.3 Å². The highest BCUT2D eigenvalue weighted by Crippen LogP contribution is 2.15. The average molecular weight is 290 g/mol. The monoisotopic (exact) mass is 290 g/mol. The molecule has 0 bridgehead atoms. The van der Waals surface area contributed by atoms with Crippen molar-refractivity contribution in [3.63, 3.8) is 0 Å². The summed E-state index contributed by atoms with van der Waals surface area (Å²) in [6, 6.07) is 5.45. The molecule has 0 unspecified atom stereocenters. The van der Waals surface area contributed by atoms with Crippen LogP contribution < -0.4 is 0 Å². The maximum Gasteiger partial charge on any atom is 0.253 e. The number of aliphatic hydroxyl groups excluding tert-OH is 1. The van der Waals surface area contributed by atoms with Crippen LogP contribution in [0.5, 0.6) is 0 Å². The van der Waals surface area contributed by atoms with Crippen molar-refractivity contribution >= 4 is 17.2 Å². The van der Waals surface area contributed by atoms with Crippen molar-refractivity contribution in [2.75, 3.05) is 7.05 Å². The van der Waals surface area contributed by atoms with Crippen LogP contribution in [0, 0.1) is 13.8 Å². The third-order valence-electron chi connectivity index (χ3n) is 2.95. The van der Waals surface area contributed by atoms with Gasteiger partial charge in [-0.1, -0.05) is 6.07 Å². The molecule has 1 N–H and O–H groups in total. The number of benzene rings is 1. The Morgan fingerprint density at radius 2 is 2.10 bits per heavy atom. The summed E-state index contributed by atoms with van der Waals surface area (Å²) < 4.78 is 0. The van der Waals surface area contributed by atoms with Gasteiger partial charge in [-0.3, -0.25) is 4.79 Å². The minimum Gasteiger partial charge on any atom is -0.392 e. The lowest BCUT2D eigenvalue weighted by molar-refractivity contribution is 0.0784. The van der Waals surface area contributed by atoms with Crippen LogP contribution in [-0.4, -0.2) is 27.9 Å². The molecule has 0 aliphatic carbocycles. The summed E-state index contributed by atoms with van der Waals surface area (Å²) in [6.07, 6.45) is 0. The predicted octanol–water partition coefficient (Wildman–Crippen LogP) is 2.52. The van der Waals surface area contributed by atoms with Crippen molar-refractivity contribution in [3.05, 3.63) is 51.0 Å². The lowest BCUT2D eigenvalue weighted by Crippen LogP contribution is -2.26. The molecule has 0 aliphatic heterocycles. The molecule has 106 valence electrons. The standard InChI is InChI=1S/C15H18N2O2S/c1-10-4-12(8-18)6-13(5-10)15(19)17(3)7-14-16-11(2)9-20-14/h4-6,9,18H,7-8H2,1-3H3. The SMILES string of the molecule is Cc1cc(CO)cc(C(=O)N(C)Cc2nc(C)cs2)c1. The van der Waals surface area contributed by atoms with Gasteiger partial charge in [-0.25, -0.2) is 4.98 Å². The fourth-order valence-corrected chi connectivity index (χ4v) is 2.87. The van der Waals surface area contributed by atoms with Gasteiger partial charge >= 0.3 is 0 Å². The Hall–Kier alpha value is -1.72. The Balaban J connectivity index is 2.15. The zero-order chi connectivity index (χ0) is 14.7. The van der Waals surface area contributed by atoms with Crippen molar-refractivity contribution in [3.8, 4) is 0 Å². The molecule has 1 aromatic carbocycles. The first kappa shape index (κ1) is 14.7. The molecule has 2 rings (SSSR count). The Morgan fingerprint density at radius 1 is 1.35 bits per heavy atom. The number of hydrogen-bond donors (Lipinski definition) is 1. The summed E-state index contributed by atoms with van der Waals surface area (Å²) in [5, 5.41) is 12.1. The molecule has 1 amide bonds. The zero-order valence-corrected chi connectivity index (χ0v) is 12.7. The van der Waals surface area contributed by atoms with Crippen LogP contribution in [0.25, 0.3) is 0 Å². The van der Waals surface area contributed by atoms with Crippen molar-refractivity contribution in [1.82, 2.24) is 9.88 Å². The molecule has 2 aromatic rings. The summed E-state index contributed by atoms with van der Waals surface area (Å²) in [7, 11) is 1.76. The molecular formula is C15H18N2O2S. The highest BCUT2D eigenvalue weighted by molar-refractivity contribution is 7.09. The second-order valence-electron chi connectivity index (χ2n) is 4.91. The molecule has 20 heavy (non-hydrogen) atoms. The minimum absolute atomic E-state index is 0.0582. The Morgan fingerprint density at radius 3 is 2.70 bits per heavy atom. The van der Waals surface area contributed by atoms with Gasteiger partial charge in [0.1, 0.15) is 5.01 Å². The molecule has 4 nitrogen and oxygen atoms in total. The van der Waals surface area contributed by atoms with E-state index < -0.39 is 0 Å². The number of rotatable bonds is 4. The summed E-state index contributed by atoms with van der Waals surface area (Å²) in [5.41, 5.74) is 3.30. The number of aryl methyl sites for hydroxylation is 2. The van der Waals surface area contributed by atoms with Crippen LogP contribution in [0.3, 0.4) is 0 Å². The average Bonchev–Trinajstić information content (AvgIpc) is 2.82. The second kappa shape index (κ2) is 6.15. The summed E-state index contributed by atoms with van der Waals surface area (Å²) >= 11 is 1.56. The number of amides is 1. The molecule has 0 atom stereocenters. The molecule has 5 heteroatoms. The van der Waals surface area contributed by atoms with Crippen LogP contribution in [0.15, 0.2) is 23.6 Å². The van der Waals surface area contributed by atoms with Gasteiger partial charge in [0.25, 0.3) is 5.91 Å². The molecule has 0 fully saturated rings. The lowest BCUT2D eigenvalue weighted by atomic mass is 10.1. The highest BCUT2D eigenvalue weighted by atomic mass is 32.1. The van der Waals surface area contributed by atoms with Crippen molar-refractivity contribution in [1.29, 1.82) is 0 Å². The lowest BCUT2D eigenvalue weighted by Gasteiger charge is -2.16. The summed E-state index contributed by atoms with van der Waals surface area (Å²) in [5.74, 6) is -0.0590. The van der Waals surface area contributed by atoms with E-state index in [1.54, 1.807) is 29.4 Å². The number of carbonyl (C=O) groups excluding carboxylic acids is 1. The van der Waals surface area contributed by atoms with Gasteiger partial charge in [0.15, 0.2) is 0 Å². The molecule has 1 aromatic heterocycles. The van der Waals surface area contributed by atoms with Crippen LogP contribution in [0.4, 0.5) is 0 Å². The van der Waals surface area contributed by atoms with Gasteiger partial charge in [0.2, 0.25) is 0 Å². The van der Waals surface area contributed by atoms with Gasteiger partial charge < -0.3 is 10.0 Å². The molecular weight excluding hydrogens is 272 g/mol. The van der Waals surface area contributed by atoms with Crippen LogP contribution in [0.2, 0.25) is 0 Å². The number of thiazole rings is 1. The van der Waals surface area contributed by atoms with E-state index in [1.807, 2.05) is 31.4 Å². The van der Waals surface area contributed by atoms with E-state index >= 15 is 0 Å². The maximum absolute atomic E-state index is 12.4. The fraction of sp³-hybridized carbons (Fsp3) is 0.333. The van der Waals surface area contributed by atoms with E-state index in [1.165, 1.54) is 0 Å². The highest BCUT2D eigenvalue weighted by Gasteiger charge is 2.14. The van der Waals surface area contributed by atoms with Crippen molar-refractivity contribution < 1.29 is 9.90 Å². The topological polar surface area (TPSA) is 53.4 Å². The third kappa shape index (κ3) is 3.43. The van der Waals surface area contributed by atoms with Crippen LogP contribution >= 0.6 is 11.3 Å². The van der Waals surface area contributed by atoms with E-state index in [0.717, 1.165) is 21.8 Å². The van der Waals surface area contributed by atoms with Crippen LogP contribution in [-0.2, 0) is 13.2 Å². The predicted molar refractivity (Wildman–Crippen MR) is 79.8 cm³/mol. The number of hydrogen-bond acceptors (Lipinski definition) is 4. The van der Waals surface area contributed by atoms with E-state index in [9.17, 15) is 9.90 Å². The summed E-state index contributed by atoms with van der Waals surface area (Å²) in [4.78, 5) is 18.4. The first-order valence-electron chi connectivity index (χ1n) is 6.37. The van der Waals surface area contributed by atoms with Crippen molar-refractivity contribution in [2.45, 2.75) is 27.0 Å². The molecule has 0 aliphatic rings. The van der Waals surface area contributed by atoms with Gasteiger partial charge in [0.05, 0.1) is 13.2 Å². The second-order valence-corrected chi connectivity index (χ2v) is 5.85. The Labute approximate surface area is 122 Å². The fourth-order valence-electron chi connectivity index (χ4n) is 2.05. The molecule has 0 saturated heterocycles. The van der Waals surface area contributed by atoms with E-state index in [0.29, 0.717) is 12.1 Å². The Kier molecular flexibility index (Phi) is 4.52. The minimum atomic E-state index is -0.0590. The Bertz CT molecular complexity index is 622. The number of aromatic nitrogens is 1. The largest absolute Gasteiger partial charge is 0.392 e. The van der Waals surface area contributed by atoms with Gasteiger partial charge in [0, 0.05) is 23.7 Å². The van der Waals surface area contributed by atoms with E-state index in [4.69, 9.17) is 0 Å². The van der Waals surface area contributed by atoms with E-state index in [2.05, 4.69) is 4.98 Å². The molecule has 0 radical (unpaired) electrons.